The van der Waals surface area contributed by atoms with Crippen LogP contribution in [0.25, 0.3) is 10.9 Å². The molecule has 3 nitrogen and oxygen atoms in total. The molecule has 0 spiro atoms. The van der Waals surface area contributed by atoms with Crippen molar-refractivity contribution >= 4 is 10.9 Å². The average Bonchev–Trinajstić information content (AvgIpc) is 2.29. The molecule has 0 fully saturated rings. The van der Waals surface area contributed by atoms with Crippen molar-refractivity contribution in [2.75, 3.05) is 6.54 Å². The molecule has 0 amide bonds. The summed E-state index contributed by atoms with van der Waals surface area (Å²) in [4.78, 5) is 14.5. The first kappa shape index (κ1) is 12.8. The Morgan fingerprint density at radius 1 is 1.28 bits per heavy atom. The first-order chi connectivity index (χ1) is 8.60. The van der Waals surface area contributed by atoms with Gasteiger partial charge in [-0.15, -0.1) is 0 Å². The number of hydrogen-bond acceptors (Lipinski definition) is 2. The maximum atomic E-state index is 11.6. The Bertz CT molecular complexity index is 599. The number of fused-ring (bicyclic) bond motifs is 1. The van der Waals surface area contributed by atoms with Crippen LogP contribution in [0.4, 0.5) is 0 Å². The highest BCUT2D eigenvalue weighted by molar-refractivity contribution is 5.82. The molecule has 0 saturated heterocycles. The van der Waals surface area contributed by atoms with Crippen molar-refractivity contribution in [2.45, 2.75) is 26.7 Å². The summed E-state index contributed by atoms with van der Waals surface area (Å²) >= 11 is 0. The number of pyridine rings is 1. The summed E-state index contributed by atoms with van der Waals surface area (Å²) < 4.78 is 0. The van der Waals surface area contributed by atoms with Crippen molar-refractivity contribution in [3.05, 3.63) is 45.7 Å². The summed E-state index contributed by atoms with van der Waals surface area (Å²) in [6, 6.07) is 7.88. The Labute approximate surface area is 107 Å². The van der Waals surface area contributed by atoms with E-state index in [9.17, 15) is 4.79 Å². The largest absolute Gasteiger partial charge is 0.330 e. The minimum absolute atomic E-state index is 0.0234. The van der Waals surface area contributed by atoms with Gasteiger partial charge in [0.05, 0.1) is 0 Å². The van der Waals surface area contributed by atoms with Gasteiger partial charge in [-0.05, 0) is 48.6 Å². The maximum absolute atomic E-state index is 11.6. The van der Waals surface area contributed by atoms with Crippen LogP contribution in [0, 0.1) is 5.92 Å². The van der Waals surface area contributed by atoms with Gasteiger partial charge >= 0.3 is 0 Å². The fourth-order valence-corrected chi connectivity index (χ4v) is 2.30. The number of rotatable bonds is 4. The Kier molecular flexibility index (Phi) is 3.82. The second-order valence-electron chi connectivity index (χ2n) is 5.18. The summed E-state index contributed by atoms with van der Waals surface area (Å²) in [6.45, 7) is 4.97. The third-order valence-corrected chi connectivity index (χ3v) is 3.05. The van der Waals surface area contributed by atoms with Crippen LogP contribution < -0.4 is 11.3 Å². The molecule has 2 rings (SSSR count). The van der Waals surface area contributed by atoms with Crippen LogP contribution in [-0.2, 0) is 12.8 Å². The zero-order chi connectivity index (χ0) is 13.1. The molecule has 2 aromatic rings. The van der Waals surface area contributed by atoms with Gasteiger partial charge in [0.25, 0.3) is 0 Å². The molecule has 0 radical (unpaired) electrons. The highest BCUT2D eigenvalue weighted by atomic mass is 16.1. The van der Waals surface area contributed by atoms with Crippen molar-refractivity contribution in [1.82, 2.24) is 4.98 Å². The Hall–Kier alpha value is -1.61. The molecule has 0 unspecified atom stereocenters. The lowest BCUT2D eigenvalue weighted by Gasteiger charge is -2.10. The second-order valence-corrected chi connectivity index (χ2v) is 5.18. The van der Waals surface area contributed by atoms with E-state index in [4.69, 9.17) is 5.73 Å². The third kappa shape index (κ3) is 2.79. The number of aromatic amines is 1. The van der Waals surface area contributed by atoms with Crippen LogP contribution in [0.3, 0.4) is 0 Å². The quantitative estimate of drug-likeness (QED) is 0.866. The smallest absolute Gasteiger partial charge is 0.248 e. The minimum Gasteiger partial charge on any atom is -0.330 e. The molecule has 0 aliphatic heterocycles. The lowest BCUT2D eigenvalue weighted by molar-refractivity contribution is 0.649. The van der Waals surface area contributed by atoms with E-state index in [0.717, 1.165) is 29.3 Å². The monoisotopic (exact) mass is 244 g/mol. The molecule has 0 aliphatic rings. The van der Waals surface area contributed by atoms with Crippen LogP contribution in [-0.4, -0.2) is 11.5 Å². The topological polar surface area (TPSA) is 58.9 Å². The highest BCUT2D eigenvalue weighted by Crippen LogP contribution is 2.20. The molecule has 0 saturated carbocycles. The highest BCUT2D eigenvalue weighted by Gasteiger charge is 2.06. The first-order valence-electron chi connectivity index (χ1n) is 6.45. The molecule has 0 bridgehead atoms. The van der Waals surface area contributed by atoms with Crippen LogP contribution >= 0.6 is 0 Å². The Balaban J connectivity index is 2.58. The van der Waals surface area contributed by atoms with E-state index in [2.05, 4.69) is 24.9 Å². The van der Waals surface area contributed by atoms with Gasteiger partial charge < -0.3 is 10.7 Å². The second kappa shape index (κ2) is 5.36. The van der Waals surface area contributed by atoms with Crippen molar-refractivity contribution in [1.29, 1.82) is 0 Å². The summed E-state index contributed by atoms with van der Waals surface area (Å²) in [5.74, 6) is 0.535. The molecule has 18 heavy (non-hydrogen) atoms. The lowest BCUT2D eigenvalue weighted by Crippen LogP contribution is -2.09. The van der Waals surface area contributed by atoms with Gasteiger partial charge in [0.15, 0.2) is 0 Å². The Morgan fingerprint density at radius 3 is 2.72 bits per heavy atom. The van der Waals surface area contributed by atoms with Crippen LogP contribution in [0.1, 0.15) is 25.0 Å². The molecule has 1 heterocycles. The maximum Gasteiger partial charge on any atom is 0.248 e. The Morgan fingerprint density at radius 2 is 2.06 bits per heavy atom. The van der Waals surface area contributed by atoms with E-state index >= 15 is 0 Å². The van der Waals surface area contributed by atoms with E-state index in [0.29, 0.717) is 12.5 Å². The van der Waals surface area contributed by atoms with E-state index in [1.54, 1.807) is 6.07 Å². The number of nitrogens with two attached hydrogens (primary N) is 1. The molecule has 3 N–H and O–H groups in total. The zero-order valence-electron chi connectivity index (χ0n) is 11.0. The molecule has 1 aromatic carbocycles. The van der Waals surface area contributed by atoms with Gasteiger partial charge in [-0.1, -0.05) is 19.9 Å². The third-order valence-electron chi connectivity index (χ3n) is 3.05. The van der Waals surface area contributed by atoms with Crippen LogP contribution in [0.2, 0.25) is 0 Å². The summed E-state index contributed by atoms with van der Waals surface area (Å²) in [7, 11) is 0. The molecule has 3 heteroatoms. The predicted molar refractivity (Wildman–Crippen MR) is 75.9 cm³/mol. The molecule has 1 aromatic heterocycles. The average molecular weight is 244 g/mol. The number of H-pyrrole nitrogens is 1. The van der Waals surface area contributed by atoms with Gasteiger partial charge in [0.1, 0.15) is 0 Å². The van der Waals surface area contributed by atoms with Gasteiger partial charge in [-0.3, -0.25) is 4.79 Å². The van der Waals surface area contributed by atoms with Gasteiger partial charge in [0, 0.05) is 17.0 Å². The van der Waals surface area contributed by atoms with Crippen molar-refractivity contribution in [2.24, 2.45) is 11.7 Å². The zero-order valence-corrected chi connectivity index (χ0v) is 11.0. The number of nitrogens with one attached hydrogen (secondary N) is 1. The van der Waals surface area contributed by atoms with Gasteiger partial charge in [-0.25, -0.2) is 0 Å². The normalized spacial score (nSPS) is 11.3. The lowest BCUT2D eigenvalue weighted by atomic mass is 9.97. The van der Waals surface area contributed by atoms with Gasteiger partial charge in [0.2, 0.25) is 5.56 Å². The molecular weight excluding hydrogens is 224 g/mol. The van der Waals surface area contributed by atoms with E-state index in [1.807, 2.05) is 12.1 Å². The van der Waals surface area contributed by atoms with Crippen LogP contribution in [0.15, 0.2) is 29.1 Å². The molecular formula is C15H20N2O. The van der Waals surface area contributed by atoms with Gasteiger partial charge in [-0.2, -0.15) is 0 Å². The fraction of sp³-hybridized carbons (Fsp3) is 0.400. The number of hydrogen-bond donors (Lipinski definition) is 2. The number of benzene rings is 1. The molecule has 0 aliphatic carbocycles. The standard InChI is InChI=1S/C15H20N2O/c1-10(2)7-12-9-15(18)17-14-4-3-11(5-6-16)8-13(12)14/h3-4,8-10H,5-7,16H2,1-2H3,(H,17,18). The van der Waals surface area contributed by atoms with E-state index in [1.165, 1.54) is 5.56 Å². The first-order valence-corrected chi connectivity index (χ1v) is 6.45. The van der Waals surface area contributed by atoms with Crippen LogP contribution in [0.5, 0.6) is 0 Å². The SMILES string of the molecule is CC(C)Cc1cc(=O)[nH]c2ccc(CCN)cc12. The van der Waals surface area contributed by atoms with E-state index in [-0.39, 0.29) is 5.56 Å². The van der Waals surface area contributed by atoms with Crippen molar-refractivity contribution < 1.29 is 0 Å². The summed E-state index contributed by atoms with van der Waals surface area (Å²) in [5, 5.41) is 1.15. The van der Waals surface area contributed by atoms with Crippen molar-refractivity contribution in [3.8, 4) is 0 Å². The predicted octanol–water partition coefficient (Wildman–Crippen LogP) is 2.23. The number of aromatic nitrogens is 1. The van der Waals surface area contributed by atoms with E-state index < -0.39 is 0 Å². The fourth-order valence-electron chi connectivity index (χ4n) is 2.30. The van der Waals surface area contributed by atoms with Crippen molar-refractivity contribution in [3.63, 3.8) is 0 Å². The summed E-state index contributed by atoms with van der Waals surface area (Å²) in [6.07, 6.45) is 1.79. The molecule has 0 atom stereocenters. The molecule has 96 valence electrons. The summed E-state index contributed by atoms with van der Waals surface area (Å²) in [5.41, 5.74) is 8.83. The minimum atomic E-state index is -0.0234.